The minimum atomic E-state index is -0.632. The summed E-state index contributed by atoms with van der Waals surface area (Å²) in [5.74, 6) is 0.266. The second-order valence-electron chi connectivity index (χ2n) is 7.16. The monoisotopic (exact) mass is 406 g/mol. The second-order valence-corrected chi connectivity index (χ2v) is 7.16. The molecular formula is C21H22N6O3. The minimum absolute atomic E-state index is 0.0373. The van der Waals surface area contributed by atoms with Crippen LogP contribution in [0.2, 0.25) is 0 Å². The van der Waals surface area contributed by atoms with Gasteiger partial charge in [0.25, 0.3) is 5.91 Å². The van der Waals surface area contributed by atoms with E-state index in [1.54, 1.807) is 24.1 Å². The Balaban J connectivity index is 1.70. The van der Waals surface area contributed by atoms with Gasteiger partial charge in [-0.05, 0) is 18.9 Å². The SMILES string of the molecule is COc1c(Nc2cc(NC(=O)C3CC3)ncc2C(N)=O)cccc1-c1cnn(C)c1. The number of methoxy groups -OCH3 is 1. The molecule has 0 atom stereocenters. The van der Waals surface area contributed by atoms with Crippen molar-refractivity contribution >= 4 is 29.0 Å². The topological polar surface area (TPSA) is 124 Å². The highest BCUT2D eigenvalue weighted by atomic mass is 16.5. The highest BCUT2D eigenvalue weighted by molar-refractivity contribution is 6.01. The molecule has 1 aromatic carbocycles. The number of nitrogens with one attached hydrogen (secondary N) is 2. The van der Waals surface area contributed by atoms with Gasteiger partial charge in [-0.2, -0.15) is 5.10 Å². The summed E-state index contributed by atoms with van der Waals surface area (Å²) in [6.07, 6.45) is 6.75. The van der Waals surface area contributed by atoms with Crippen LogP contribution in [0, 0.1) is 5.92 Å². The fraction of sp³-hybridized carbons (Fsp3) is 0.238. The molecule has 0 aliphatic heterocycles. The van der Waals surface area contributed by atoms with Crippen molar-refractivity contribution in [2.45, 2.75) is 12.8 Å². The number of carbonyl (C=O) groups excluding carboxylic acids is 2. The molecule has 1 saturated carbocycles. The number of rotatable bonds is 7. The van der Waals surface area contributed by atoms with E-state index in [0.717, 1.165) is 24.0 Å². The van der Waals surface area contributed by atoms with Crippen LogP contribution in [0.4, 0.5) is 17.2 Å². The van der Waals surface area contributed by atoms with Gasteiger partial charge in [0.05, 0.1) is 30.2 Å². The maximum Gasteiger partial charge on any atom is 0.252 e. The molecule has 0 spiro atoms. The van der Waals surface area contributed by atoms with Crippen molar-refractivity contribution in [1.82, 2.24) is 14.8 Å². The molecule has 3 aromatic rings. The highest BCUT2D eigenvalue weighted by Gasteiger charge is 2.30. The number of carbonyl (C=O) groups is 2. The first-order valence-electron chi connectivity index (χ1n) is 9.50. The maximum atomic E-state index is 12.1. The Morgan fingerprint density at radius 1 is 1.23 bits per heavy atom. The number of aryl methyl sites for hydroxylation is 1. The van der Waals surface area contributed by atoms with Crippen molar-refractivity contribution in [3.8, 4) is 16.9 Å². The first-order chi connectivity index (χ1) is 14.5. The van der Waals surface area contributed by atoms with Gasteiger partial charge >= 0.3 is 0 Å². The zero-order valence-corrected chi connectivity index (χ0v) is 16.7. The van der Waals surface area contributed by atoms with Crippen LogP contribution >= 0.6 is 0 Å². The van der Waals surface area contributed by atoms with Gasteiger partial charge in [0.15, 0.2) is 0 Å². The average Bonchev–Trinajstić information content (AvgIpc) is 3.49. The molecule has 1 fully saturated rings. The molecule has 4 rings (SSSR count). The van der Waals surface area contributed by atoms with Gasteiger partial charge in [-0.3, -0.25) is 14.3 Å². The Morgan fingerprint density at radius 3 is 2.67 bits per heavy atom. The van der Waals surface area contributed by atoms with Crippen LogP contribution in [0.3, 0.4) is 0 Å². The van der Waals surface area contributed by atoms with E-state index >= 15 is 0 Å². The summed E-state index contributed by atoms with van der Waals surface area (Å²) in [7, 11) is 3.41. The molecule has 9 heteroatoms. The normalized spacial score (nSPS) is 13.0. The molecule has 0 radical (unpaired) electrons. The van der Waals surface area contributed by atoms with E-state index in [9.17, 15) is 9.59 Å². The van der Waals surface area contributed by atoms with Crippen molar-refractivity contribution in [2.24, 2.45) is 18.7 Å². The Labute approximate surface area is 173 Å². The molecule has 2 heterocycles. The Bertz CT molecular complexity index is 1120. The van der Waals surface area contributed by atoms with Crippen molar-refractivity contribution in [3.05, 3.63) is 48.4 Å². The summed E-state index contributed by atoms with van der Waals surface area (Å²) in [4.78, 5) is 28.1. The zero-order valence-electron chi connectivity index (χ0n) is 16.7. The molecule has 0 saturated heterocycles. The summed E-state index contributed by atoms with van der Waals surface area (Å²) in [5, 5.41) is 10.2. The quantitative estimate of drug-likeness (QED) is 0.554. The Kier molecular flexibility index (Phi) is 5.09. The van der Waals surface area contributed by atoms with Crippen LogP contribution in [-0.4, -0.2) is 33.7 Å². The van der Waals surface area contributed by atoms with E-state index < -0.39 is 5.91 Å². The van der Waals surface area contributed by atoms with Gasteiger partial charge in [0, 0.05) is 42.6 Å². The lowest BCUT2D eigenvalue weighted by molar-refractivity contribution is -0.117. The molecule has 30 heavy (non-hydrogen) atoms. The Morgan fingerprint density at radius 2 is 2.03 bits per heavy atom. The number of pyridine rings is 1. The third-order valence-electron chi connectivity index (χ3n) is 4.87. The van der Waals surface area contributed by atoms with E-state index in [1.165, 1.54) is 6.20 Å². The summed E-state index contributed by atoms with van der Waals surface area (Å²) in [5.41, 5.74) is 8.51. The molecule has 9 nitrogen and oxygen atoms in total. The lowest BCUT2D eigenvalue weighted by Gasteiger charge is -2.16. The number of primary amides is 1. The maximum absolute atomic E-state index is 12.1. The van der Waals surface area contributed by atoms with Gasteiger partial charge in [-0.15, -0.1) is 0 Å². The van der Waals surface area contributed by atoms with Crippen LogP contribution in [-0.2, 0) is 11.8 Å². The zero-order chi connectivity index (χ0) is 21.3. The highest BCUT2D eigenvalue weighted by Crippen LogP contribution is 2.38. The van der Waals surface area contributed by atoms with Crippen LogP contribution < -0.4 is 21.1 Å². The average molecular weight is 406 g/mol. The summed E-state index contributed by atoms with van der Waals surface area (Å²) in [6, 6.07) is 7.21. The molecule has 1 aliphatic rings. The number of aromatic nitrogens is 3. The van der Waals surface area contributed by atoms with Crippen LogP contribution in [0.5, 0.6) is 5.75 Å². The molecular weight excluding hydrogens is 384 g/mol. The summed E-state index contributed by atoms with van der Waals surface area (Å²) < 4.78 is 7.35. The first kappa shape index (κ1) is 19.4. The van der Waals surface area contributed by atoms with Crippen molar-refractivity contribution in [3.63, 3.8) is 0 Å². The van der Waals surface area contributed by atoms with E-state index in [0.29, 0.717) is 22.9 Å². The standard InChI is InChI=1S/C21H22N6O3/c1-27-11-13(9-24-27)14-4-3-5-16(19(14)30-2)25-17-8-18(23-10-15(17)20(22)28)26-21(29)12-6-7-12/h3-5,8-12H,6-7H2,1-2H3,(H2,22,28)(H2,23,25,26,29). The van der Waals surface area contributed by atoms with E-state index in [1.807, 2.05) is 31.4 Å². The van der Waals surface area contributed by atoms with Gasteiger partial charge in [-0.1, -0.05) is 12.1 Å². The number of anilines is 3. The predicted molar refractivity (Wildman–Crippen MR) is 113 cm³/mol. The number of nitrogens with two attached hydrogens (primary N) is 1. The fourth-order valence-corrected chi connectivity index (χ4v) is 3.19. The lowest BCUT2D eigenvalue weighted by atomic mass is 10.1. The van der Waals surface area contributed by atoms with Gasteiger partial charge < -0.3 is 21.1 Å². The molecule has 2 aromatic heterocycles. The van der Waals surface area contributed by atoms with Gasteiger partial charge in [0.1, 0.15) is 11.6 Å². The molecule has 4 N–H and O–H groups in total. The number of hydrogen-bond donors (Lipinski definition) is 3. The molecule has 154 valence electrons. The molecule has 0 bridgehead atoms. The molecule has 1 aliphatic carbocycles. The minimum Gasteiger partial charge on any atom is -0.494 e. The fourth-order valence-electron chi connectivity index (χ4n) is 3.19. The lowest BCUT2D eigenvalue weighted by Crippen LogP contribution is -2.17. The number of ether oxygens (including phenoxy) is 1. The van der Waals surface area contributed by atoms with Gasteiger partial charge in [0.2, 0.25) is 5.91 Å². The Hall–Kier alpha value is -3.88. The second kappa shape index (κ2) is 7.86. The van der Waals surface area contributed by atoms with Crippen molar-refractivity contribution < 1.29 is 14.3 Å². The first-order valence-corrected chi connectivity index (χ1v) is 9.50. The number of nitrogens with zero attached hydrogens (tertiary/aromatic N) is 3. The number of amides is 2. The van der Waals surface area contributed by atoms with E-state index in [2.05, 4.69) is 20.7 Å². The van der Waals surface area contributed by atoms with Crippen molar-refractivity contribution in [1.29, 1.82) is 0 Å². The summed E-state index contributed by atoms with van der Waals surface area (Å²) >= 11 is 0. The summed E-state index contributed by atoms with van der Waals surface area (Å²) in [6.45, 7) is 0. The van der Waals surface area contributed by atoms with Crippen molar-refractivity contribution in [2.75, 3.05) is 17.7 Å². The molecule has 2 amide bonds. The van der Waals surface area contributed by atoms with Crippen LogP contribution in [0.1, 0.15) is 23.2 Å². The van der Waals surface area contributed by atoms with Crippen LogP contribution in [0.25, 0.3) is 11.1 Å². The number of benzene rings is 1. The smallest absolute Gasteiger partial charge is 0.252 e. The van der Waals surface area contributed by atoms with E-state index in [-0.39, 0.29) is 17.4 Å². The van der Waals surface area contributed by atoms with Gasteiger partial charge in [-0.25, -0.2) is 4.98 Å². The predicted octanol–water partition coefficient (Wildman–Crippen LogP) is 2.68. The van der Waals surface area contributed by atoms with E-state index in [4.69, 9.17) is 10.5 Å². The number of hydrogen-bond acceptors (Lipinski definition) is 6. The number of para-hydroxylation sites is 1. The third-order valence-corrected chi connectivity index (χ3v) is 4.87. The molecule has 0 unspecified atom stereocenters. The van der Waals surface area contributed by atoms with Crippen LogP contribution in [0.15, 0.2) is 42.9 Å². The largest absolute Gasteiger partial charge is 0.494 e. The third kappa shape index (κ3) is 3.95.